The molecule has 0 atom stereocenters. The quantitative estimate of drug-likeness (QED) is 0.179. The first-order chi connectivity index (χ1) is 20.7. The number of rotatable bonds is 14. The predicted octanol–water partition coefficient (Wildman–Crippen LogP) is 3.37. The molecule has 3 N–H and O–H groups in total. The highest BCUT2D eigenvalue weighted by molar-refractivity contribution is 6.32. The number of methoxy groups -OCH3 is 2. The van der Waals surface area contributed by atoms with E-state index in [-0.39, 0.29) is 94.9 Å². The van der Waals surface area contributed by atoms with Crippen LogP contribution in [0.5, 0.6) is 23.1 Å². The van der Waals surface area contributed by atoms with Crippen LogP contribution in [-0.2, 0) is 18.1 Å². The highest BCUT2D eigenvalue weighted by atomic mass is 35.5. The Hall–Kier alpha value is -4.50. The monoisotopic (exact) mass is 625 g/mol. The van der Waals surface area contributed by atoms with Crippen molar-refractivity contribution >= 4 is 28.7 Å². The molecule has 2 heterocycles. The number of H-pyrrole nitrogens is 1. The first kappa shape index (κ1) is 31.4. The van der Waals surface area contributed by atoms with Gasteiger partial charge in [0.2, 0.25) is 11.8 Å². The molecule has 16 heteroatoms. The average Bonchev–Trinajstić information content (AvgIpc) is 3.34. The minimum absolute atomic E-state index is 0.0140. The molecule has 4 rings (SSSR count). The van der Waals surface area contributed by atoms with E-state index < -0.39 is 30.6 Å². The molecule has 0 spiro atoms. The van der Waals surface area contributed by atoms with Gasteiger partial charge in [0.1, 0.15) is 24.5 Å². The van der Waals surface area contributed by atoms with Gasteiger partial charge >= 0.3 is 5.69 Å². The molecule has 2 aromatic carbocycles. The summed E-state index contributed by atoms with van der Waals surface area (Å²) in [7, 11) is 2.58. The highest BCUT2D eigenvalue weighted by Gasteiger charge is 2.22. The second kappa shape index (κ2) is 14.1. The zero-order valence-corrected chi connectivity index (χ0v) is 23.8. The lowest BCUT2D eigenvalue weighted by molar-refractivity contribution is -0.121. The Morgan fingerprint density at radius 1 is 1.12 bits per heavy atom. The molecule has 0 radical (unpaired) electrons. The zero-order valence-electron chi connectivity index (χ0n) is 23.0. The number of aliphatic hydroxyl groups excluding tert-OH is 1. The Bertz CT molecular complexity index is 1680. The maximum Gasteiger partial charge on any atom is 0.332 e. The van der Waals surface area contributed by atoms with Crippen LogP contribution in [0, 0.1) is 11.6 Å². The molecule has 0 aliphatic carbocycles. The molecule has 2 aromatic heterocycles. The van der Waals surface area contributed by atoms with E-state index in [2.05, 4.69) is 20.3 Å². The molecule has 0 saturated heterocycles. The number of aromatic nitrogens is 4. The molecular formula is C27H27ClF3N5O7. The van der Waals surface area contributed by atoms with Crippen LogP contribution in [0.4, 0.5) is 13.2 Å². The summed E-state index contributed by atoms with van der Waals surface area (Å²) in [5.74, 6) is -2.86. The third-order valence-corrected chi connectivity index (χ3v) is 6.40. The Labute approximate surface area is 247 Å². The molecule has 0 fully saturated rings. The topological polar surface area (TPSA) is 150 Å². The number of nitrogens with zero attached hydrogens (tertiary/aromatic N) is 3. The fraction of sp³-hybridized carbons (Fsp3) is 0.333. The van der Waals surface area contributed by atoms with E-state index in [1.807, 2.05) is 0 Å². The largest absolute Gasteiger partial charge is 0.496 e. The Morgan fingerprint density at radius 2 is 1.88 bits per heavy atom. The summed E-state index contributed by atoms with van der Waals surface area (Å²) in [6, 6.07) is 4.80. The van der Waals surface area contributed by atoms with Crippen LogP contribution in [0.25, 0.3) is 16.9 Å². The lowest BCUT2D eigenvalue weighted by Gasteiger charge is -2.17. The van der Waals surface area contributed by atoms with Gasteiger partial charge in [-0.1, -0.05) is 11.6 Å². The molecule has 0 saturated carbocycles. The molecule has 4 aromatic rings. The van der Waals surface area contributed by atoms with E-state index in [0.29, 0.717) is 0 Å². The third kappa shape index (κ3) is 6.94. The summed E-state index contributed by atoms with van der Waals surface area (Å²) in [4.78, 5) is 35.5. The number of imidazole rings is 1. The summed E-state index contributed by atoms with van der Waals surface area (Å²) < 4.78 is 65.2. The highest BCUT2D eigenvalue weighted by Crippen LogP contribution is 2.38. The summed E-state index contributed by atoms with van der Waals surface area (Å²) >= 11 is 6.57. The van der Waals surface area contributed by atoms with Gasteiger partial charge in [-0.05, 0) is 18.6 Å². The molecule has 43 heavy (non-hydrogen) atoms. The standard InChI is InChI=1S/C27H27ClF3N5O7/c1-40-18-6-5-16(30)23(31)14(18)13-43-20-11-17(15(28)10-19(20)42-9-3-4-22(38)32-7-8-37)36-25-24(35-27(36)39)26(41-2)34-21(12-29)33-25/h5-6,10-11,37H,3-4,7-9,12-13H2,1-2H3,(H,32,38)(H,35,39). The van der Waals surface area contributed by atoms with E-state index in [1.54, 1.807) is 0 Å². The van der Waals surface area contributed by atoms with Crippen LogP contribution in [0.15, 0.2) is 29.1 Å². The fourth-order valence-corrected chi connectivity index (χ4v) is 4.34. The van der Waals surface area contributed by atoms with Crippen molar-refractivity contribution in [3.8, 4) is 28.8 Å². The molecular weight excluding hydrogens is 599 g/mol. The van der Waals surface area contributed by atoms with Crippen molar-refractivity contribution in [1.29, 1.82) is 0 Å². The number of nitrogens with one attached hydrogen (secondary N) is 2. The number of aromatic amines is 1. The molecule has 0 aliphatic heterocycles. The molecule has 0 unspecified atom stereocenters. The Kier molecular flexibility index (Phi) is 10.3. The summed E-state index contributed by atoms with van der Waals surface area (Å²) in [6.45, 7) is -1.62. The maximum atomic E-state index is 14.7. The number of ether oxygens (including phenoxy) is 4. The predicted molar refractivity (Wildman–Crippen MR) is 148 cm³/mol. The van der Waals surface area contributed by atoms with E-state index >= 15 is 0 Å². The van der Waals surface area contributed by atoms with Crippen LogP contribution >= 0.6 is 11.6 Å². The van der Waals surface area contributed by atoms with Crippen molar-refractivity contribution in [1.82, 2.24) is 24.8 Å². The van der Waals surface area contributed by atoms with Crippen molar-refractivity contribution in [2.45, 2.75) is 26.1 Å². The number of alkyl halides is 1. The SMILES string of the molecule is COc1ccc(F)c(F)c1COc1cc(-n2c(=O)[nH]c3c(OC)nc(CF)nc32)c(Cl)cc1OCCCC(=O)NCCO. The lowest BCUT2D eigenvalue weighted by atomic mass is 10.2. The number of carbonyl (C=O) groups excluding carboxylic acids is 1. The number of carbonyl (C=O) groups is 1. The van der Waals surface area contributed by atoms with E-state index in [0.717, 1.165) is 10.6 Å². The van der Waals surface area contributed by atoms with Gasteiger partial charge in [-0.2, -0.15) is 4.98 Å². The summed E-state index contributed by atoms with van der Waals surface area (Å²) in [5.41, 5.74) is -0.875. The van der Waals surface area contributed by atoms with Crippen molar-refractivity contribution in [3.05, 3.63) is 62.8 Å². The first-order valence-corrected chi connectivity index (χ1v) is 13.2. The maximum absolute atomic E-state index is 14.7. The average molecular weight is 626 g/mol. The third-order valence-electron chi connectivity index (χ3n) is 6.10. The van der Waals surface area contributed by atoms with Gasteiger partial charge in [0.25, 0.3) is 0 Å². The van der Waals surface area contributed by atoms with Crippen LogP contribution in [-0.4, -0.2) is 64.5 Å². The van der Waals surface area contributed by atoms with Crippen molar-refractivity contribution in [2.75, 3.05) is 34.0 Å². The fourth-order valence-electron chi connectivity index (χ4n) is 4.10. The molecule has 230 valence electrons. The van der Waals surface area contributed by atoms with Crippen molar-refractivity contribution in [3.63, 3.8) is 0 Å². The number of benzene rings is 2. The number of hydrogen-bond donors (Lipinski definition) is 3. The van der Waals surface area contributed by atoms with E-state index in [4.69, 9.17) is 35.7 Å². The smallest absolute Gasteiger partial charge is 0.332 e. The van der Waals surface area contributed by atoms with Gasteiger partial charge in [0.15, 0.2) is 34.6 Å². The van der Waals surface area contributed by atoms with Gasteiger partial charge in [0, 0.05) is 25.1 Å². The van der Waals surface area contributed by atoms with Gasteiger partial charge in [0.05, 0.1) is 43.7 Å². The van der Waals surface area contributed by atoms with E-state index in [1.165, 1.54) is 32.4 Å². The van der Waals surface area contributed by atoms with Gasteiger partial charge in [-0.3, -0.25) is 9.78 Å². The second-order valence-corrected chi connectivity index (χ2v) is 9.26. The van der Waals surface area contributed by atoms with Crippen molar-refractivity contribution < 1.29 is 42.0 Å². The van der Waals surface area contributed by atoms with Gasteiger partial charge in [-0.25, -0.2) is 27.5 Å². The molecule has 0 bridgehead atoms. The molecule has 0 aliphatic rings. The number of hydrogen-bond acceptors (Lipinski definition) is 9. The van der Waals surface area contributed by atoms with Crippen LogP contribution in [0.2, 0.25) is 5.02 Å². The number of fused-ring (bicyclic) bond motifs is 1. The molecule has 1 amide bonds. The number of amides is 1. The molecule has 12 nitrogen and oxygen atoms in total. The van der Waals surface area contributed by atoms with Crippen LogP contribution < -0.4 is 30.0 Å². The second-order valence-electron chi connectivity index (χ2n) is 8.85. The minimum Gasteiger partial charge on any atom is -0.496 e. The minimum atomic E-state index is -1.18. The lowest BCUT2D eigenvalue weighted by Crippen LogP contribution is -2.26. The van der Waals surface area contributed by atoms with Crippen LogP contribution in [0.3, 0.4) is 0 Å². The number of halogens is 4. The summed E-state index contributed by atoms with van der Waals surface area (Å²) in [6.07, 6.45) is 0.365. The number of aliphatic hydroxyl groups is 1. The van der Waals surface area contributed by atoms with Gasteiger partial charge < -0.3 is 29.4 Å². The van der Waals surface area contributed by atoms with Gasteiger partial charge in [-0.15, -0.1) is 0 Å². The summed E-state index contributed by atoms with van der Waals surface area (Å²) in [5, 5.41) is 11.3. The van der Waals surface area contributed by atoms with Crippen LogP contribution in [0.1, 0.15) is 24.2 Å². The normalized spacial score (nSPS) is 11.0. The van der Waals surface area contributed by atoms with E-state index in [9.17, 15) is 22.8 Å². The first-order valence-electron chi connectivity index (χ1n) is 12.8. The van der Waals surface area contributed by atoms with Crippen molar-refractivity contribution in [2.24, 2.45) is 0 Å². The Balaban J connectivity index is 1.74. The zero-order chi connectivity index (χ0) is 31.1. The Morgan fingerprint density at radius 3 is 2.58 bits per heavy atom.